The van der Waals surface area contributed by atoms with E-state index >= 15 is 0 Å². The summed E-state index contributed by atoms with van der Waals surface area (Å²) < 4.78 is 26.2. The predicted molar refractivity (Wildman–Crippen MR) is 68.3 cm³/mol. The normalized spacial score (nSPS) is 17.8. The molecule has 0 N–H and O–H groups in total. The van der Waals surface area contributed by atoms with E-state index in [1.165, 1.54) is 4.31 Å². The first-order valence-corrected chi connectivity index (χ1v) is 7.07. The largest absolute Gasteiger partial charge is 0.243 e. The lowest BCUT2D eigenvalue weighted by molar-refractivity contribution is 0.481. The molecule has 0 aliphatic carbocycles. The van der Waals surface area contributed by atoms with Crippen molar-refractivity contribution in [3.05, 3.63) is 41.0 Å². The van der Waals surface area contributed by atoms with Crippen LogP contribution >= 0.6 is 0 Å². The van der Waals surface area contributed by atoms with E-state index in [1.807, 2.05) is 32.9 Å². The molecule has 0 saturated carbocycles. The van der Waals surface area contributed by atoms with Crippen LogP contribution in [-0.2, 0) is 10.0 Å². The molecule has 0 bridgehead atoms. The second-order valence-electron chi connectivity index (χ2n) is 4.65. The fourth-order valence-corrected chi connectivity index (χ4v) is 3.39. The Balaban J connectivity index is 2.30. The molecular weight excluding hydrogens is 234 g/mol. The Labute approximate surface area is 103 Å². The number of rotatable bonds is 2. The molecule has 3 nitrogen and oxygen atoms in total. The van der Waals surface area contributed by atoms with Crippen LogP contribution in [0.3, 0.4) is 0 Å². The molecule has 0 unspecified atom stereocenters. The molecule has 0 fully saturated rings. The van der Waals surface area contributed by atoms with E-state index in [0.717, 1.165) is 16.7 Å². The summed E-state index contributed by atoms with van der Waals surface area (Å²) in [5.41, 5.74) is 3.37. The lowest BCUT2D eigenvalue weighted by atomic mass is 10.2. The lowest BCUT2D eigenvalue weighted by Gasteiger charge is -2.16. The highest BCUT2D eigenvalue weighted by atomic mass is 32.2. The molecule has 1 aromatic rings. The van der Waals surface area contributed by atoms with Crippen molar-refractivity contribution in [3.63, 3.8) is 0 Å². The molecule has 0 aromatic heterocycles. The van der Waals surface area contributed by atoms with Crippen molar-refractivity contribution in [2.75, 3.05) is 13.1 Å². The van der Waals surface area contributed by atoms with Gasteiger partial charge in [0, 0.05) is 13.1 Å². The van der Waals surface area contributed by atoms with E-state index in [1.54, 1.807) is 12.1 Å². The summed E-state index contributed by atoms with van der Waals surface area (Å²) >= 11 is 0. The Morgan fingerprint density at radius 3 is 1.88 bits per heavy atom. The van der Waals surface area contributed by atoms with Gasteiger partial charge in [-0.25, -0.2) is 8.42 Å². The number of benzene rings is 1. The molecule has 1 aromatic carbocycles. The molecule has 17 heavy (non-hydrogen) atoms. The zero-order valence-electron chi connectivity index (χ0n) is 10.4. The molecule has 0 spiro atoms. The average Bonchev–Trinajstić information content (AvgIpc) is 2.60. The minimum Gasteiger partial charge on any atom is -0.207 e. The molecule has 4 heteroatoms. The molecule has 0 atom stereocenters. The average molecular weight is 251 g/mol. The van der Waals surface area contributed by atoms with Gasteiger partial charge in [-0.15, -0.1) is 0 Å². The minimum absolute atomic E-state index is 0.380. The smallest absolute Gasteiger partial charge is 0.207 e. The lowest BCUT2D eigenvalue weighted by Crippen LogP contribution is -2.29. The molecule has 0 saturated heterocycles. The molecule has 0 amide bonds. The summed E-state index contributed by atoms with van der Waals surface area (Å²) in [7, 11) is -3.33. The van der Waals surface area contributed by atoms with Crippen LogP contribution in [0.2, 0.25) is 0 Å². The van der Waals surface area contributed by atoms with Crippen molar-refractivity contribution in [1.82, 2.24) is 4.31 Å². The van der Waals surface area contributed by atoms with Crippen LogP contribution in [0.25, 0.3) is 0 Å². The Morgan fingerprint density at radius 2 is 1.41 bits per heavy atom. The summed E-state index contributed by atoms with van der Waals surface area (Å²) in [6.07, 6.45) is 0. The molecular formula is C13H17NO2S. The number of aryl methyl sites for hydroxylation is 1. The van der Waals surface area contributed by atoms with E-state index < -0.39 is 10.0 Å². The molecule has 0 radical (unpaired) electrons. The Hall–Kier alpha value is -1.13. The van der Waals surface area contributed by atoms with Crippen LogP contribution in [-0.4, -0.2) is 25.8 Å². The maximum absolute atomic E-state index is 12.3. The fraction of sp³-hybridized carbons (Fsp3) is 0.385. The van der Waals surface area contributed by atoms with E-state index in [9.17, 15) is 8.42 Å². The van der Waals surface area contributed by atoms with Gasteiger partial charge in [-0.2, -0.15) is 4.31 Å². The van der Waals surface area contributed by atoms with Crippen LogP contribution in [0.15, 0.2) is 40.3 Å². The number of hydrogen-bond donors (Lipinski definition) is 0. The van der Waals surface area contributed by atoms with Gasteiger partial charge in [0.1, 0.15) is 0 Å². The van der Waals surface area contributed by atoms with Gasteiger partial charge < -0.3 is 0 Å². The Bertz CT molecular complexity index is 542. The summed E-state index contributed by atoms with van der Waals surface area (Å²) in [5.74, 6) is 0. The van der Waals surface area contributed by atoms with Crippen molar-refractivity contribution in [2.24, 2.45) is 0 Å². The van der Waals surface area contributed by atoms with Crippen LogP contribution < -0.4 is 0 Å². The second-order valence-corrected chi connectivity index (χ2v) is 6.58. The first kappa shape index (κ1) is 12.3. The highest BCUT2D eigenvalue weighted by Crippen LogP contribution is 2.24. The summed E-state index contributed by atoms with van der Waals surface area (Å²) in [5, 5.41) is 0. The van der Waals surface area contributed by atoms with Crippen LogP contribution in [0.4, 0.5) is 0 Å². The van der Waals surface area contributed by atoms with Crippen molar-refractivity contribution in [1.29, 1.82) is 0 Å². The SMILES string of the molecule is CC1=C(C)CN(S(=O)(=O)c2ccc(C)cc2)C1. The molecule has 92 valence electrons. The van der Waals surface area contributed by atoms with Crippen molar-refractivity contribution >= 4 is 10.0 Å². The van der Waals surface area contributed by atoms with E-state index in [4.69, 9.17) is 0 Å². The number of sulfonamides is 1. The third-order valence-corrected chi connectivity index (χ3v) is 5.02. The molecule has 1 aliphatic rings. The topological polar surface area (TPSA) is 37.4 Å². The minimum atomic E-state index is -3.33. The summed E-state index contributed by atoms with van der Waals surface area (Å²) in [6.45, 7) is 6.95. The van der Waals surface area contributed by atoms with Gasteiger partial charge in [-0.1, -0.05) is 28.8 Å². The van der Waals surface area contributed by atoms with E-state index in [0.29, 0.717) is 18.0 Å². The van der Waals surface area contributed by atoms with Crippen molar-refractivity contribution < 1.29 is 8.42 Å². The van der Waals surface area contributed by atoms with Gasteiger partial charge in [-0.05, 0) is 32.9 Å². The summed E-state index contributed by atoms with van der Waals surface area (Å²) in [6, 6.07) is 7.01. The predicted octanol–water partition coefficient (Wildman–Crippen LogP) is 2.34. The van der Waals surface area contributed by atoms with Gasteiger partial charge >= 0.3 is 0 Å². The number of hydrogen-bond acceptors (Lipinski definition) is 2. The van der Waals surface area contributed by atoms with Gasteiger partial charge in [0.2, 0.25) is 10.0 Å². The third kappa shape index (κ3) is 2.28. The van der Waals surface area contributed by atoms with Gasteiger partial charge in [0.05, 0.1) is 4.90 Å². The quantitative estimate of drug-likeness (QED) is 0.757. The van der Waals surface area contributed by atoms with Crippen LogP contribution in [0.5, 0.6) is 0 Å². The zero-order valence-corrected chi connectivity index (χ0v) is 11.2. The Morgan fingerprint density at radius 1 is 0.941 bits per heavy atom. The van der Waals surface area contributed by atoms with Crippen molar-refractivity contribution in [3.8, 4) is 0 Å². The van der Waals surface area contributed by atoms with Crippen LogP contribution in [0.1, 0.15) is 19.4 Å². The monoisotopic (exact) mass is 251 g/mol. The first-order valence-electron chi connectivity index (χ1n) is 5.63. The Kier molecular flexibility index (Phi) is 3.10. The highest BCUT2D eigenvalue weighted by molar-refractivity contribution is 7.89. The standard InChI is InChI=1S/C13H17NO2S/c1-10-4-6-13(7-5-10)17(15,16)14-8-11(2)12(3)9-14/h4-7H,8-9H2,1-3H3. The first-order chi connectivity index (χ1) is 7.91. The van der Waals surface area contributed by atoms with Gasteiger partial charge in [0.15, 0.2) is 0 Å². The second kappa shape index (κ2) is 4.27. The third-order valence-electron chi connectivity index (χ3n) is 3.21. The zero-order chi connectivity index (χ0) is 12.6. The van der Waals surface area contributed by atoms with E-state index in [2.05, 4.69) is 0 Å². The maximum Gasteiger partial charge on any atom is 0.243 e. The van der Waals surface area contributed by atoms with Crippen molar-refractivity contribution in [2.45, 2.75) is 25.7 Å². The molecule has 1 aliphatic heterocycles. The molecule has 1 heterocycles. The number of nitrogens with zero attached hydrogens (tertiary/aromatic N) is 1. The van der Waals surface area contributed by atoms with Gasteiger partial charge in [0.25, 0.3) is 0 Å². The molecule has 2 rings (SSSR count). The maximum atomic E-state index is 12.3. The fourth-order valence-electron chi connectivity index (χ4n) is 1.88. The highest BCUT2D eigenvalue weighted by Gasteiger charge is 2.28. The van der Waals surface area contributed by atoms with Gasteiger partial charge in [-0.3, -0.25) is 0 Å². The van der Waals surface area contributed by atoms with Crippen LogP contribution in [0, 0.1) is 6.92 Å². The van der Waals surface area contributed by atoms with E-state index in [-0.39, 0.29) is 0 Å². The summed E-state index contributed by atoms with van der Waals surface area (Å²) in [4.78, 5) is 0.380.